The second-order valence-electron chi connectivity index (χ2n) is 3.70. The largest absolute Gasteiger partial charge is 0.382 e. The number of aryl methyl sites for hydroxylation is 1. The van der Waals surface area contributed by atoms with Crippen LogP contribution < -0.4 is 11.1 Å². The second kappa shape index (κ2) is 3.48. The zero-order chi connectivity index (χ0) is 11.8. The molecule has 3 heterocycles. The normalized spacial score (nSPS) is 10.9. The number of nitrogens with two attached hydrogens (primary N) is 1. The van der Waals surface area contributed by atoms with Gasteiger partial charge in [0.25, 0.3) is 0 Å². The average Bonchev–Trinajstić information content (AvgIpc) is 2.87. The Morgan fingerprint density at radius 3 is 3.00 bits per heavy atom. The molecule has 0 unspecified atom stereocenters. The summed E-state index contributed by atoms with van der Waals surface area (Å²) in [6.45, 7) is 0. The zero-order valence-electron chi connectivity index (χ0n) is 9.20. The molecule has 3 N–H and O–H groups in total. The minimum Gasteiger partial charge on any atom is -0.382 e. The molecular formula is C10H11N7. The summed E-state index contributed by atoms with van der Waals surface area (Å²) in [5.74, 6) is 1.05. The zero-order valence-corrected chi connectivity index (χ0v) is 9.20. The van der Waals surface area contributed by atoms with E-state index in [1.807, 2.05) is 23.8 Å². The highest BCUT2D eigenvalue weighted by molar-refractivity contribution is 5.70. The van der Waals surface area contributed by atoms with E-state index in [2.05, 4.69) is 20.4 Å². The summed E-state index contributed by atoms with van der Waals surface area (Å²) in [7, 11) is 1.85. The highest BCUT2D eigenvalue weighted by Crippen LogP contribution is 2.19. The number of fused-ring (bicyclic) bond motifs is 1. The average molecular weight is 229 g/mol. The number of hydrogen-bond acceptors (Lipinski definition) is 5. The highest BCUT2D eigenvalue weighted by Gasteiger charge is 2.07. The predicted octanol–water partition coefficient (Wildman–Crippen LogP) is 0.789. The Kier molecular flexibility index (Phi) is 1.97. The maximum absolute atomic E-state index is 5.72. The van der Waals surface area contributed by atoms with Crippen LogP contribution in [-0.2, 0) is 7.05 Å². The third kappa shape index (κ3) is 1.67. The van der Waals surface area contributed by atoms with E-state index in [1.54, 1.807) is 23.3 Å². The van der Waals surface area contributed by atoms with Crippen LogP contribution in [0.5, 0.6) is 0 Å². The Hall–Kier alpha value is -2.57. The summed E-state index contributed by atoms with van der Waals surface area (Å²) in [5, 5.41) is 7.21. The molecule has 0 amide bonds. The quantitative estimate of drug-likeness (QED) is 0.678. The van der Waals surface area contributed by atoms with Crippen LogP contribution in [0.15, 0.2) is 31.0 Å². The maximum Gasteiger partial charge on any atom is 0.180 e. The minimum absolute atomic E-state index is 0.432. The molecule has 3 rings (SSSR count). The van der Waals surface area contributed by atoms with Crippen molar-refractivity contribution in [2.75, 3.05) is 11.1 Å². The van der Waals surface area contributed by atoms with E-state index in [4.69, 9.17) is 5.73 Å². The van der Waals surface area contributed by atoms with E-state index in [0.717, 1.165) is 11.3 Å². The molecular weight excluding hydrogens is 218 g/mol. The summed E-state index contributed by atoms with van der Waals surface area (Å²) < 4.78 is 3.53. The van der Waals surface area contributed by atoms with Crippen molar-refractivity contribution in [3.63, 3.8) is 0 Å². The van der Waals surface area contributed by atoms with Crippen molar-refractivity contribution >= 4 is 23.0 Å². The lowest BCUT2D eigenvalue weighted by atomic mass is 10.5. The van der Waals surface area contributed by atoms with Gasteiger partial charge in [-0.05, 0) is 0 Å². The van der Waals surface area contributed by atoms with Gasteiger partial charge in [0, 0.05) is 25.6 Å². The molecule has 17 heavy (non-hydrogen) atoms. The van der Waals surface area contributed by atoms with Crippen LogP contribution in [0.1, 0.15) is 0 Å². The fraction of sp³-hybridized carbons (Fsp3) is 0.100. The Balaban J connectivity index is 2.07. The number of aromatic nitrogens is 5. The Morgan fingerprint density at radius 2 is 2.24 bits per heavy atom. The molecule has 0 aliphatic heterocycles. The van der Waals surface area contributed by atoms with Crippen LogP contribution in [0.25, 0.3) is 5.65 Å². The standard InChI is InChI=1S/C10H11N7/c1-16-5-7(4-13-16)14-9-10-12-2-3-17(10)6-8(11)15-9/h2-6H,11H2,1H3,(H,14,15). The van der Waals surface area contributed by atoms with Crippen LogP contribution in [0.4, 0.5) is 17.3 Å². The lowest BCUT2D eigenvalue weighted by molar-refractivity contribution is 0.768. The number of nitrogens with one attached hydrogen (secondary N) is 1. The molecule has 0 aliphatic rings. The van der Waals surface area contributed by atoms with Gasteiger partial charge in [0.05, 0.1) is 18.1 Å². The van der Waals surface area contributed by atoms with Gasteiger partial charge in [0.2, 0.25) is 0 Å². The van der Waals surface area contributed by atoms with Gasteiger partial charge >= 0.3 is 0 Å². The lowest BCUT2D eigenvalue weighted by Gasteiger charge is -2.05. The number of rotatable bonds is 2. The van der Waals surface area contributed by atoms with Crippen LogP contribution in [-0.4, -0.2) is 24.1 Å². The van der Waals surface area contributed by atoms with Gasteiger partial charge < -0.3 is 15.5 Å². The van der Waals surface area contributed by atoms with Crippen molar-refractivity contribution in [1.82, 2.24) is 24.1 Å². The SMILES string of the molecule is Cn1cc(Nc2nc(N)cn3ccnc23)cn1. The predicted molar refractivity (Wildman–Crippen MR) is 63.9 cm³/mol. The lowest BCUT2D eigenvalue weighted by Crippen LogP contribution is -2.01. The van der Waals surface area contributed by atoms with E-state index in [1.165, 1.54) is 0 Å². The van der Waals surface area contributed by atoms with Crippen LogP contribution >= 0.6 is 0 Å². The molecule has 0 radical (unpaired) electrons. The first-order valence-corrected chi connectivity index (χ1v) is 5.07. The third-order valence-electron chi connectivity index (χ3n) is 2.36. The Labute approximate surface area is 96.9 Å². The molecule has 0 atom stereocenters. The van der Waals surface area contributed by atoms with Crippen LogP contribution in [0.3, 0.4) is 0 Å². The summed E-state index contributed by atoms with van der Waals surface area (Å²) in [4.78, 5) is 8.44. The van der Waals surface area contributed by atoms with Gasteiger partial charge in [-0.25, -0.2) is 9.97 Å². The number of hydrogen-bond donors (Lipinski definition) is 2. The molecule has 0 saturated heterocycles. The molecule has 0 aliphatic carbocycles. The fourth-order valence-electron chi connectivity index (χ4n) is 1.66. The first-order valence-electron chi connectivity index (χ1n) is 5.07. The molecule has 86 valence electrons. The molecule has 7 nitrogen and oxygen atoms in total. The molecule has 3 aromatic rings. The molecule has 0 bridgehead atoms. The van der Waals surface area contributed by atoms with Crippen molar-refractivity contribution in [2.24, 2.45) is 7.05 Å². The van der Waals surface area contributed by atoms with E-state index in [0.29, 0.717) is 11.6 Å². The number of imidazole rings is 1. The first kappa shape index (κ1) is 9.64. The van der Waals surface area contributed by atoms with Gasteiger partial charge in [-0.1, -0.05) is 0 Å². The van der Waals surface area contributed by atoms with Crippen LogP contribution in [0, 0.1) is 0 Å². The fourth-order valence-corrected chi connectivity index (χ4v) is 1.66. The van der Waals surface area contributed by atoms with E-state index in [-0.39, 0.29) is 0 Å². The van der Waals surface area contributed by atoms with Gasteiger partial charge in [-0.2, -0.15) is 5.10 Å². The Morgan fingerprint density at radius 1 is 1.35 bits per heavy atom. The van der Waals surface area contributed by atoms with E-state index in [9.17, 15) is 0 Å². The molecule has 0 fully saturated rings. The monoisotopic (exact) mass is 229 g/mol. The Bertz CT molecular complexity index is 666. The molecule has 0 aromatic carbocycles. The summed E-state index contributed by atoms with van der Waals surface area (Å²) in [6, 6.07) is 0. The van der Waals surface area contributed by atoms with Gasteiger partial charge in [0.1, 0.15) is 5.82 Å². The van der Waals surface area contributed by atoms with Crippen molar-refractivity contribution < 1.29 is 0 Å². The molecule has 3 aromatic heterocycles. The third-order valence-corrected chi connectivity index (χ3v) is 2.36. The van der Waals surface area contributed by atoms with Gasteiger partial charge in [-0.15, -0.1) is 0 Å². The summed E-state index contributed by atoms with van der Waals surface area (Å²) in [5.41, 5.74) is 7.29. The molecule has 7 heteroatoms. The van der Waals surface area contributed by atoms with Gasteiger partial charge in [0.15, 0.2) is 11.5 Å². The smallest absolute Gasteiger partial charge is 0.180 e. The van der Waals surface area contributed by atoms with Gasteiger partial charge in [-0.3, -0.25) is 4.68 Å². The maximum atomic E-state index is 5.72. The molecule has 0 saturated carbocycles. The highest BCUT2D eigenvalue weighted by atomic mass is 15.3. The minimum atomic E-state index is 0.432. The molecule has 0 spiro atoms. The number of anilines is 3. The topological polar surface area (TPSA) is 86.1 Å². The van der Waals surface area contributed by atoms with E-state index >= 15 is 0 Å². The number of nitrogen functional groups attached to an aromatic ring is 1. The van der Waals surface area contributed by atoms with Crippen LogP contribution in [0.2, 0.25) is 0 Å². The van der Waals surface area contributed by atoms with Crippen molar-refractivity contribution in [3.8, 4) is 0 Å². The van der Waals surface area contributed by atoms with Crippen molar-refractivity contribution in [1.29, 1.82) is 0 Å². The second-order valence-corrected chi connectivity index (χ2v) is 3.70. The van der Waals surface area contributed by atoms with Crippen molar-refractivity contribution in [3.05, 3.63) is 31.0 Å². The first-order chi connectivity index (χ1) is 8.22. The van der Waals surface area contributed by atoms with Crippen molar-refractivity contribution in [2.45, 2.75) is 0 Å². The number of nitrogens with zero attached hydrogens (tertiary/aromatic N) is 5. The summed E-state index contributed by atoms with van der Waals surface area (Å²) in [6.07, 6.45) is 8.80. The van der Waals surface area contributed by atoms with E-state index < -0.39 is 0 Å². The summed E-state index contributed by atoms with van der Waals surface area (Å²) >= 11 is 0.